The van der Waals surface area contributed by atoms with Gasteiger partial charge in [-0.3, -0.25) is 9.59 Å². The first-order valence-electron chi connectivity index (χ1n) is 7.22. The summed E-state index contributed by atoms with van der Waals surface area (Å²) in [6.45, 7) is 5.95. The smallest absolute Gasteiger partial charge is 0.248 e. The molecule has 4 nitrogen and oxygen atoms in total. The molecule has 1 aliphatic rings. The minimum atomic E-state index is -0.831. The van der Waals surface area contributed by atoms with Crippen molar-refractivity contribution in [2.45, 2.75) is 45.2 Å². The van der Waals surface area contributed by atoms with Gasteiger partial charge in [0.1, 0.15) is 11.6 Å². The van der Waals surface area contributed by atoms with Crippen molar-refractivity contribution in [3.8, 4) is 0 Å². The van der Waals surface area contributed by atoms with E-state index in [0.29, 0.717) is 24.4 Å². The minimum Gasteiger partial charge on any atom is -0.340 e. The van der Waals surface area contributed by atoms with Gasteiger partial charge in [-0.25, -0.2) is 0 Å². The van der Waals surface area contributed by atoms with E-state index in [1.54, 1.807) is 18.7 Å². The van der Waals surface area contributed by atoms with Gasteiger partial charge in [-0.1, -0.05) is 30.7 Å². The van der Waals surface area contributed by atoms with Crippen molar-refractivity contribution in [1.29, 1.82) is 0 Å². The number of amides is 2. The average Bonchev–Trinajstić information content (AvgIpc) is 2.42. The van der Waals surface area contributed by atoms with Crippen LogP contribution in [0.5, 0.6) is 0 Å². The van der Waals surface area contributed by atoms with E-state index in [-0.39, 0.29) is 17.9 Å². The predicted molar refractivity (Wildman–Crippen MR) is 83.2 cm³/mol. The van der Waals surface area contributed by atoms with E-state index in [1.165, 1.54) is 0 Å². The number of piperazine rings is 1. The van der Waals surface area contributed by atoms with Crippen LogP contribution in [0, 0.1) is 0 Å². The number of carbonyl (C=O) groups excluding carboxylic acids is 2. The van der Waals surface area contributed by atoms with Gasteiger partial charge >= 0.3 is 0 Å². The lowest BCUT2D eigenvalue weighted by Gasteiger charge is -2.42. The Morgan fingerprint density at radius 2 is 1.86 bits per heavy atom. The van der Waals surface area contributed by atoms with Crippen LogP contribution in [0.3, 0.4) is 0 Å². The van der Waals surface area contributed by atoms with Crippen molar-refractivity contribution in [2.24, 2.45) is 0 Å². The highest BCUT2D eigenvalue weighted by atomic mass is 35.5. The number of hydrogen-bond acceptors (Lipinski definition) is 2. The molecule has 1 aromatic rings. The summed E-state index contributed by atoms with van der Waals surface area (Å²) in [4.78, 5) is 26.4. The van der Waals surface area contributed by atoms with Gasteiger partial charge in [-0.2, -0.15) is 0 Å². The molecule has 0 radical (unpaired) electrons. The molecule has 1 aromatic carbocycles. The molecule has 0 aromatic heterocycles. The molecule has 2 amide bonds. The lowest BCUT2D eigenvalue weighted by molar-refractivity contribution is -0.153. The number of hydrogen-bond donors (Lipinski definition) is 1. The quantitative estimate of drug-likeness (QED) is 0.928. The minimum absolute atomic E-state index is 0.0251. The van der Waals surface area contributed by atoms with Crippen LogP contribution in [0.15, 0.2) is 24.3 Å². The van der Waals surface area contributed by atoms with Crippen LogP contribution < -0.4 is 5.32 Å². The van der Waals surface area contributed by atoms with Crippen molar-refractivity contribution < 1.29 is 9.59 Å². The maximum Gasteiger partial charge on any atom is 0.248 e. The van der Waals surface area contributed by atoms with E-state index in [1.807, 2.05) is 31.2 Å². The standard InChI is InChI=1S/C16H21ClN2O2/c1-4-13-14(20)18-16(2,3)15(21)19(13)10-9-11-5-7-12(17)8-6-11/h5-8,13H,4,9-10H2,1-3H3,(H,18,20). The van der Waals surface area contributed by atoms with E-state index in [4.69, 9.17) is 11.6 Å². The predicted octanol–water partition coefficient (Wildman–Crippen LogP) is 2.40. The number of nitrogens with zero attached hydrogens (tertiary/aromatic N) is 1. The molecule has 0 bridgehead atoms. The van der Waals surface area contributed by atoms with Crippen LogP contribution in [0.2, 0.25) is 5.02 Å². The topological polar surface area (TPSA) is 49.4 Å². The molecule has 1 N–H and O–H groups in total. The molecule has 21 heavy (non-hydrogen) atoms. The fourth-order valence-electron chi connectivity index (χ4n) is 2.65. The van der Waals surface area contributed by atoms with Gasteiger partial charge in [0.2, 0.25) is 11.8 Å². The molecule has 1 aliphatic heterocycles. The molecule has 1 unspecified atom stereocenters. The zero-order chi connectivity index (χ0) is 15.6. The molecular weight excluding hydrogens is 288 g/mol. The first-order valence-corrected chi connectivity index (χ1v) is 7.60. The summed E-state index contributed by atoms with van der Waals surface area (Å²) in [7, 11) is 0. The van der Waals surface area contributed by atoms with E-state index in [0.717, 1.165) is 5.56 Å². The molecular formula is C16H21ClN2O2. The summed E-state index contributed by atoms with van der Waals surface area (Å²) in [6.07, 6.45) is 1.33. The molecule has 1 atom stereocenters. The Labute approximate surface area is 130 Å². The lowest BCUT2D eigenvalue weighted by Crippen LogP contribution is -2.68. The second-order valence-corrected chi connectivity index (χ2v) is 6.35. The Bertz CT molecular complexity index is 540. The molecule has 5 heteroatoms. The number of halogens is 1. The molecule has 0 aliphatic carbocycles. The Hall–Kier alpha value is -1.55. The summed E-state index contributed by atoms with van der Waals surface area (Å²) in [5.74, 6) is -0.0962. The number of nitrogens with one attached hydrogen (secondary N) is 1. The van der Waals surface area contributed by atoms with Gasteiger partial charge in [0.15, 0.2) is 0 Å². The van der Waals surface area contributed by atoms with Gasteiger partial charge in [0, 0.05) is 11.6 Å². The fraction of sp³-hybridized carbons (Fsp3) is 0.500. The van der Waals surface area contributed by atoms with Crippen molar-refractivity contribution >= 4 is 23.4 Å². The summed E-state index contributed by atoms with van der Waals surface area (Å²) < 4.78 is 0. The van der Waals surface area contributed by atoms with Crippen LogP contribution in [0.4, 0.5) is 0 Å². The van der Waals surface area contributed by atoms with E-state index < -0.39 is 5.54 Å². The van der Waals surface area contributed by atoms with Crippen LogP contribution in [0.1, 0.15) is 32.8 Å². The van der Waals surface area contributed by atoms with Crippen LogP contribution in [-0.2, 0) is 16.0 Å². The molecule has 1 saturated heterocycles. The van der Waals surface area contributed by atoms with E-state index >= 15 is 0 Å². The van der Waals surface area contributed by atoms with Crippen molar-refractivity contribution in [3.05, 3.63) is 34.9 Å². The third-order valence-corrected chi connectivity index (χ3v) is 4.10. The zero-order valence-corrected chi connectivity index (χ0v) is 13.4. The maximum atomic E-state index is 12.5. The molecule has 1 fully saturated rings. The Balaban J connectivity index is 2.12. The first-order chi connectivity index (χ1) is 9.85. The maximum absolute atomic E-state index is 12.5. The highest BCUT2D eigenvalue weighted by Crippen LogP contribution is 2.20. The number of rotatable bonds is 4. The normalized spacial score (nSPS) is 21.3. The van der Waals surface area contributed by atoms with Crippen LogP contribution in [0.25, 0.3) is 0 Å². The SMILES string of the molecule is CCC1C(=O)NC(C)(C)C(=O)N1CCc1ccc(Cl)cc1. The summed E-state index contributed by atoms with van der Waals surface area (Å²) in [5, 5.41) is 3.49. The highest BCUT2D eigenvalue weighted by molar-refractivity contribution is 6.30. The Morgan fingerprint density at radius 3 is 2.43 bits per heavy atom. The third-order valence-electron chi connectivity index (χ3n) is 3.85. The zero-order valence-electron chi connectivity index (χ0n) is 12.6. The molecule has 0 spiro atoms. The largest absolute Gasteiger partial charge is 0.340 e. The van der Waals surface area contributed by atoms with Gasteiger partial charge in [-0.15, -0.1) is 0 Å². The van der Waals surface area contributed by atoms with Gasteiger partial charge in [0.05, 0.1) is 0 Å². The van der Waals surface area contributed by atoms with Crippen LogP contribution >= 0.6 is 11.6 Å². The van der Waals surface area contributed by atoms with Gasteiger partial charge in [-0.05, 0) is 44.4 Å². The first kappa shape index (κ1) is 15.8. The van der Waals surface area contributed by atoms with Crippen molar-refractivity contribution in [3.63, 3.8) is 0 Å². The second kappa shape index (κ2) is 6.06. The lowest BCUT2D eigenvalue weighted by atomic mass is 9.95. The number of carbonyl (C=O) groups is 2. The van der Waals surface area contributed by atoms with E-state index in [2.05, 4.69) is 5.32 Å². The van der Waals surface area contributed by atoms with Crippen molar-refractivity contribution in [1.82, 2.24) is 10.2 Å². The fourth-order valence-corrected chi connectivity index (χ4v) is 2.78. The molecule has 114 valence electrons. The molecule has 1 heterocycles. The monoisotopic (exact) mass is 308 g/mol. The van der Waals surface area contributed by atoms with Crippen molar-refractivity contribution in [2.75, 3.05) is 6.54 Å². The number of benzene rings is 1. The Morgan fingerprint density at radius 1 is 1.24 bits per heavy atom. The molecule has 0 saturated carbocycles. The van der Waals surface area contributed by atoms with E-state index in [9.17, 15) is 9.59 Å². The van der Waals surface area contributed by atoms with Gasteiger partial charge < -0.3 is 10.2 Å². The van der Waals surface area contributed by atoms with Gasteiger partial charge in [0.25, 0.3) is 0 Å². The molecule has 2 rings (SSSR count). The van der Waals surface area contributed by atoms with Crippen LogP contribution in [-0.4, -0.2) is 34.8 Å². The summed E-state index contributed by atoms with van der Waals surface area (Å²) in [6, 6.07) is 7.19. The second-order valence-electron chi connectivity index (χ2n) is 5.91. The Kier molecular flexibility index (Phi) is 4.57. The summed E-state index contributed by atoms with van der Waals surface area (Å²) >= 11 is 5.87. The highest BCUT2D eigenvalue weighted by Gasteiger charge is 2.44. The third kappa shape index (κ3) is 3.38. The summed E-state index contributed by atoms with van der Waals surface area (Å²) in [5.41, 5.74) is 0.272. The average molecular weight is 309 g/mol.